The van der Waals surface area contributed by atoms with Gasteiger partial charge in [-0.2, -0.15) is 0 Å². The molecule has 0 spiro atoms. The molecule has 1 aliphatic rings. The van der Waals surface area contributed by atoms with Crippen LogP contribution in [-0.4, -0.2) is 69.0 Å². The molecule has 0 fully saturated rings. The number of rotatable bonds is 11. The minimum atomic E-state index is -1.11. The molecule has 0 aliphatic carbocycles. The van der Waals surface area contributed by atoms with E-state index in [9.17, 15) is 28.8 Å². The molecule has 0 unspecified atom stereocenters. The third-order valence-corrected chi connectivity index (χ3v) is 4.14. The van der Waals surface area contributed by atoms with E-state index >= 15 is 0 Å². The zero-order valence-corrected chi connectivity index (χ0v) is 18.1. The Morgan fingerprint density at radius 2 is 1.26 bits per heavy atom. The Morgan fingerprint density at radius 1 is 0.829 bits per heavy atom. The Kier molecular flexibility index (Phi) is 8.71. The van der Waals surface area contributed by atoms with Crippen LogP contribution in [0.5, 0.6) is 0 Å². The molecule has 1 aromatic carbocycles. The van der Waals surface area contributed by atoms with E-state index in [4.69, 9.17) is 25.5 Å². The summed E-state index contributed by atoms with van der Waals surface area (Å²) in [6, 6.07) is 1.87. The lowest BCUT2D eigenvalue weighted by Crippen LogP contribution is -2.20. The van der Waals surface area contributed by atoms with Crippen molar-refractivity contribution in [3.63, 3.8) is 0 Å². The summed E-state index contributed by atoms with van der Waals surface area (Å²) >= 11 is 0. The maximum absolute atomic E-state index is 12.6. The first-order valence-electron chi connectivity index (χ1n) is 9.49. The van der Waals surface area contributed by atoms with Crippen molar-refractivity contribution in [3.05, 3.63) is 63.8 Å². The first-order valence-corrected chi connectivity index (χ1v) is 9.49. The molecule has 1 heterocycles. The molecule has 1 aliphatic heterocycles. The SMILES string of the molecule is C#[N+]C(=C)C(=O)OCCOC(=O)c1cc2c(cc1C(=O)OCCOC(=O)C(=C)N=C)C(=O)OC2=O. The number of carbonyl (C=O) groups is 6. The maximum atomic E-state index is 12.6. The van der Waals surface area contributed by atoms with Crippen LogP contribution in [0.4, 0.5) is 0 Å². The molecule has 180 valence electrons. The average Bonchev–Trinajstić information content (AvgIpc) is 3.14. The first-order chi connectivity index (χ1) is 16.6. The lowest BCUT2D eigenvalue weighted by molar-refractivity contribution is -0.140. The lowest BCUT2D eigenvalue weighted by atomic mass is 9.99. The van der Waals surface area contributed by atoms with Crippen LogP contribution < -0.4 is 0 Å². The summed E-state index contributed by atoms with van der Waals surface area (Å²) in [4.78, 5) is 78.0. The standard InChI is InChI=1S/C22H17N2O11/c1-11(23-3)17(25)31-5-7-33-19(27)13-9-15-16(22(30)35-21(15)29)10-14(13)20(28)34-8-6-32-18(26)12(2)24-4/h3,9-10H,1-2,4-8H2/q+1. The molecule has 0 saturated carbocycles. The van der Waals surface area contributed by atoms with Gasteiger partial charge in [0.2, 0.25) is 0 Å². The van der Waals surface area contributed by atoms with Gasteiger partial charge in [0.1, 0.15) is 32.1 Å². The molecule has 0 bridgehead atoms. The molecule has 13 heteroatoms. The Morgan fingerprint density at radius 3 is 1.69 bits per heavy atom. The fourth-order valence-electron chi connectivity index (χ4n) is 2.45. The molecular formula is C22H17N2O11+. The zero-order valence-electron chi connectivity index (χ0n) is 18.1. The minimum absolute atomic E-state index is 0.254. The van der Waals surface area contributed by atoms with Crippen LogP contribution >= 0.6 is 0 Å². The van der Waals surface area contributed by atoms with Gasteiger partial charge in [-0.1, -0.05) is 6.58 Å². The van der Waals surface area contributed by atoms with Crippen LogP contribution in [0.1, 0.15) is 41.4 Å². The first kappa shape index (κ1) is 26.1. The lowest BCUT2D eigenvalue weighted by Gasteiger charge is -2.11. The van der Waals surface area contributed by atoms with E-state index in [1.165, 1.54) is 0 Å². The van der Waals surface area contributed by atoms with Gasteiger partial charge in [-0.25, -0.2) is 28.8 Å². The average molecular weight is 485 g/mol. The van der Waals surface area contributed by atoms with E-state index in [0.717, 1.165) is 12.1 Å². The third-order valence-electron chi connectivity index (χ3n) is 4.14. The van der Waals surface area contributed by atoms with Crippen LogP contribution in [0.25, 0.3) is 4.85 Å². The van der Waals surface area contributed by atoms with Crippen molar-refractivity contribution < 1.29 is 52.5 Å². The van der Waals surface area contributed by atoms with Crippen LogP contribution in [0, 0.1) is 6.57 Å². The Hall–Kier alpha value is -5.12. The summed E-state index contributed by atoms with van der Waals surface area (Å²) in [5.74, 6) is -6.09. The predicted octanol–water partition coefficient (Wildman–Crippen LogP) is 1.09. The smallest absolute Gasteiger partial charge is 0.423 e. The fourth-order valence-corrected chi connectivity index (χ4v) is 2.45. The molecule has 0 atom stereocenters. The Bertz CT molecular complexity index is 1210. The largest absolute Gasteiger partial charge is 0.458 e. The number of esters is 6. The number of ether oxygens (including phenoxy) is 5. The highest BCUT2D eigenvalue weighted by Crippen LogP contribution is 2.25. The highest BCUT2D eigenvalue weighted by molar-refractivity contribution is 6.17. The van der Waals surface area contributed by atoms with Gasteiger partial charge >= 0.3 is 41.5 Å². The highest BCUT2D eigenvalue weighted by Gasteiger charge is 2.34. The van der Waals surface area contributed by atoms with Gasteiger partial charge < -0.3 is 23.7 Å². The monoisotopic (exact) mass is 485 g/mol. The van der Waals surface area contributed by atoms with Crippen molar-refractivity contribution in [2.45, 2.75) is 0 Å². The summed E-state index contributed by atoms with van der Waals surface area (Å²) in [6.45, 7) is 12.9. The van der Waals surface area contributed by atoms with E-state index < -0.39 is 66.8 Å². The zero-order chi connectivity index (χ0) is 26.1. The minimum Gasteiger partial charge on any atom is -0.458 e. The molecule has 35 heavy (non-hydrogen) atoms. The molecule has 0 saturated heterocycles. The van der Waals surface area contributed by atoms with E-state index in [1.807, 2.05) is 0 Å². The summed E-state index contributed by atoms with van der Waals surface area (Å²) in [7, 11) is 0. The van der Waals surface area contributed by atoms with Gasteiger partial charge in [0.25, 0.3) is 6.57 Å². The highest BCUT2D eigenvalue weighted by atomic mass is 16.6. The summed E-state index contributed by atoms with van der Waals surface area (Å²) in [5, 5.41) is 0. The van der Waals surface area contributed by atoms with Gasteiger partial charge in [0.15, 0.2) is 0 Å². The van der Waals surface area contributed by atoms with Gasteiger partial charge in [-0.3, -0.25) is 4.99 Å². The van der Waals surface area contributed by atoms with Gasteiger partial charge in [-0.05, 0) is 23.7 Å². The second-order valence-corrected chi connectivity index (χ2v) is 6.34. The number of cyclic esters (lactones) is 2. The van der Waals surface area contributed by atoms with Gasteiger partial charge in [-0.15, -0.1) is 0 Å². The molecule has 0 amide bonds. The molecular weight excluding hydrogens is 468 g/mol. The van der Waals surface area contributed by atoms with Crippen LogP contribution in [0.3, 0.4) is 0 Å². The van der Waals surface area contributed by atoms with Crippen molar-refractivity contribution in [2.75, 3.05) is 26.4 Å². The Balaban J connectivity index is 2.12. The number of benzene rings is 1. The second kappa shape index (κ2) is 11.7. The van der Waals surface area contributed by atoms with E-state index in [-0.39, 0.29) is 29.1 Å². The van der Waals surface area contributed by atoms with Crippen molar-refractivity contribution in [1.82, 2.24) is 0 Å². The predicted molar refractivity (Wildman–Crippen MR) is 115 cm³/mol. The summed E-state index contributed by atoms with van der Waals surface area (Å²) in [6.07, 6.45) is 0. The molecule has 0 aromatic heterocycles. The van der Waals surface area contributed by atoms with Crippen molar-refractivity contribution in [3.8, 4) is 6.57 Å². The van der Waals surface area contributed by atoms with E-state index in [1.54, 1.807) is 0 Å². The quantitative estimate of drug-likeness (QED) is 0.110. The van der Waals surface area contributed by atoms with Crippen LogP contribution in [0.2, 0.25) is 0 Å². The van der Waals surface area contributed by atoms with Gasteiger partial charge in [0, 0.05) is 6.58 Å². The van der Waals surface area contributed by atoms with Crippen molar-refractivity contribution in [1.29, 1.82) is 0 Å². The molecule has 13 nitrogen and oxygen atoms in total. The molecule has 0 N–H and O–H groups in total. The molecule has 2 rings (SSSR count). The fraction of sp³-hybridized carbons (Fsp3) is 0.182. The summed E-state index contributed by atoms with van der Waals surface area (Å²) < 4.78 is 23.9. The Labute approximate surface area is 197 Å². The second-order valence-electron chi connectivity index (χ2n) is 6.34. The topological polar surface area (TPSA) is 165 Å². The number of nitrogens with zero attached hydrogens (tertiary/aromatic N) is 2. The van der Waals surface area contributed by atoms with Crippen LogP contribution in [-0.2, 0) is 33.3 Å². The maximum Gasteiger partial charge on any atom is 0.423 e. The van der Waals surface area contributed by atoms with Crippen LogP contribution in [0.15, 0.2) is 41.7 Å². The van der Waals surface area contributed by atoms with Crippen molar-refractivity contribution in [2.24, 2.45) is 4.99 Å². The molecule has 0 radical (unpaired) electrons. The summed E-state index contributed by atoms with van der Waals surface area (Å²) in [5.41, 5.74) is -2.02. The molecule has 1 aromatic rings. The number of hydrogen-bond acceptors (Lipinski definition) is 12. The van der Waals surface area contributed by atoms with Gasteiger partial charge in [0.05, 0.1) is 22.3 Å². The van der Waals surface area contributed by atoms with Crippen molar-refractivity contribution >= 4 is 42.5 Å². The number of aliphatic imine (C=N–C) groups is 1. The van der Waals surface area contributed by atoms with E-state index in [0.29, 0.717) is 0 Å². The van der Waals surface area contributed by atoms with E-state index in [2.05, 4.69) is 34.4 Å². The normalized spacial score (nSPS) is 11.3. The number of fused-ring (bicyclic) bond motifs is 1. The third kappa shape index (κ3) is 6.45. The number of carbonyl (C=O) groups excluding carboxylic acids is 6. The number of hydrogen-bond donors (Lipinski definition) is 0.